The molecule has 0 saturated carbocycles. The quantitative estimate of drug-likeness (QED) is 0.202. The van der Waals surface area contributed by atoms with Crippen molar-refractivity contribution < 1.29 is 14.3 Å². The monoisotopic (exact) mass is 572 g/mol. The van der Waals surface area contributed by atoms with Crippen molar-refractivity contribution in [2.75, 3.05) is 44.5 Å². The smallest absolute Gasteiger partial charge is 0.262 e. The second-order valence-electron chi connectivity index (χ2n) is 10.1. The fourth-order valence-corrected chi connectivity index (χ4v) is 5.94. The van der Waals surface area contributed by atoms with Gasteiger partial charge in [-0.05, 0) is 67.1 Å². The van der Waals surface area contributed by atoms with Gasteiger partial charge in [-0.3, -0.25) is 14.2 Å². The van der Waals surface area contributed by atoms with Crippen molar-refractivity contribution in [3.8, 4) is 11.5 Å². The molecule has 8 nitrogen and oxygen atoms in total. The zero-order chi connectivity index (χ0) is 28.6. The maximum Gasteiger partial charge on any atom is 0.262 e. The van der Waals surface area contributed by atoms with E-state index in [9.17, 15) is 9.59 Å². The number of nitrogens with one attached hydrogen (secondary N) is 1. The Bertz CT molecular complexity index is 1550. The van der Waals surface area contributed by atoms with Crippen molar-refractivity contribution in [3.63, 3.8) is 0 Å². The van der Waals surface area contributed by atoms with Gasteiger partial charge in [0.1, 0.15) is 0 Å². The van der Waals surface area contributed by atoms with E-state index in [1.54, 1.807) is 18.8 Å². The number of nitrogens with zero attached hydrogens (tertiary/aromatic N) is 3. The molecule has 1 aliphatic rings. The van der Waals surface area contributed by atoms with Gasteiger partial charge in [-0.1, -0.05) is 48.2 Å². The van der Waals surface area contributed by atoms with Gasteiger partial charge in [0, 0.05) is 25.3 Å². The number of methoxy groups -OCH3 is 2. The number of aromatic nitrogens is 2. The SMILES string of the molecule is COc1ccc(CCNC(=O)CSc2nc3ccc(N4CCCCC4)cc3c(=O)n2Cc2ccccc2)cc1OC. The number of piperidine rings is 1. The average Bonchev–Trinajstić information content (AvgIpc) is 3.02. The fraction of sp³-hybridized carbons (Fsp3) is 0.344. The van der Waals surface area contributed by atoms with E-state index in [1.165, 1.54) is 31.0 Å². The number of fused-ring (bicyclic) bond motifs is 1. The van der Waals surface area contributed by atoms with E-state index >= 15 is 0 Å². The third kappa shape index (κ3) is 7.03. The van der Waals surface area contributed by atoms with Gasteiger partial charge in [-0.25, -0.2) is 4.98 Å². The molecule has 0 radical (unpaired) electrons. The molecule has 0 spiro atoms. The van der Waals surface area contributed by atoms with E-state index in [2.05, 4.69) is 16.3 Å². The van der Waals surface area contributed by atoms with Crippen LogP contribution in [-0.2, 0) is 17.8 Å². The largest absolute Gasteiger partial charge is 0.493 e. The first-order valence-corrected chi connectivity index (χ1v) is 15.0. The molecule has 5 rings (SSSR count). The first kappa shape index (κ1) is 28.5. The van der Waals surface area contributed by atoms with Crippen LogP contribution in [0.15, 0.2) is 76.7 Å². The van der Waals surface area contributed by atoms with Crippen LogP contribution in [0.25, 0.3) is 10.9 Å². The molecule has 41 heavy (non-hydrogen) atoms. The van der Waals surface area contributed by atoms with E-state index in [4.69, 9.17) is 14.5 Å². The standard InChI is InChI=1S/C32H36N4O4S/c1-39-28-14-11-23(19-29(28)40-2)15-16-33-30(37)22-41-32-34-27-13-12-25(35-17-7-4-8-18-35)20-26(27)31(38)36(32)21-24-9-5-3-6-10-24/h3,5-6,9-14,19-20H,4,7-8,15-18,21-22H2,1-2H3,(H,33,37). The summed E-state index contributed by atoms with van der Waals surface area (Å²) >= 11 is 1.29. The highest BCUT2D eigenvalue weighted by atomic mass is 32.2. The molecule has 9 heteroatoms. The van der Waals surface area contributed by atoms with Crippen LogP contribution >= 0.6 is 11.8 Å². The van der Waals surface area contributed by atoms with Crippen LogP contribution in [0.4, 0.5) is 5.69 Å². The molecule has 2 heterocycles. The van der Waals surface area contributed by atoms with Gasteiger partial charge in [0.15, 0.2) is 16.7 Å². The van der Waals surface area contributed by atoms with Crippen molar-refractivity contribution in [2.24, 2.45) is 0 Å². The molecule has 3 aromatic carbocycles. The predicted molar refractivity (Wildman–Crippen MR) is 165 cm³/mol. The van der Waals surface area contributed by atoms with E-state index in [1.807, 2.05) is 60.7 Å². The molecule has 4 aromatic rings. The van der Waals surface area contributed by atoms with Crippen LogP contribution in [0.2, 0.25) is 0 Å². The highest BCUT2D eigenvalue weighted by molar-refractivity contribution is 7.99. The molecule has 1 saturated heterocycles. The van der Waals surface area contributed by atoms with E-state index in [-0.39, 0.29) is 17.2 Å². The fourth-order valence-electron chi connectivity index (χ4n) is 5.12. The normalized spacial score (nSPS) is 13.3. The zero-order valence-electron chi connectivity index (χ0n) is 23.6. The van der Waals surface area contributed by atoms with Gasteiger partial charge < -0.3 is 19.7 Å². The Balaban J connectivity index is 1.31. The van der Waals surface area contributed by atoms with Crippen LogP contribution in [-0.4, -0.2) is 55.1 Å². The summed E-state index contributed by atoms with van der Waals surface area (Å²) in [6.07, 6.45) is 4.24. The molecule has 1 N–H and O–H groups in total. The second kappa shape index (κ2) is 13.6. The van der Waals surface area contributed by atoms with Gasteiger partial charge in [0.25, 0.3) is 5.56 Å². The number of hydrogen-bond acceptors (Lipinski definition) is 7. The molecule has 1 aromatic heterocycles. The summed E-state index contributed by atoms with van der Waals surface area (Å²) in [4.78, 5) is 33.8. The third-order valence-corrected chi connectivity index (χ3v) is 8.30. The van der Waals surface area contributed by atoms with E-state index in [0.717, 1.165) is 29.9 Å². The maximum atomic E-state index is 13.8. The molecular formula is C32H36N4O4S. The van der Waals surface area contributed by atoms with E-state index in [0.29, 0.717) is 47.1 Å². The number of carbonyl (C=O) groups is 1. The molecular weight excluding hydrogens is 536 g/mol. The number of ether oxygens (including phenoxy) is 2. The van der Waals surface area contributed by atoms with E-state index < -0.39 is 0 Å². The number of benzene rings is 3. The van der Waals surface area contributed by atoms with Gasteiger partial charge in [-0.2, -0.15) is 0 Å². The molecule has 0 atom stereocenters. The number of thioether (sulfide) groups is 1. The highest BCUT2D eigenvalue weighted by Crippen LogP contribution is 2.28. The average molecular weight is 573 g/mol. The van der Waals surface area contributed by atoms with Gasteiger partial charge in [0.05, 0.1) is 37.4 Å². The summed E-state index contributed by atoms with van der Waals surface area (Å²) in [6.45, 7) is 2.88. The van der Waals surface area contributed by atoms with Crippen LogP contribution in [0.1, 0.15) is 30.4 Å². The van der Waals surface area contributed by atoms with Gasteiger partial charge in [-0.15, -0.1) is 0 Å². The van der Waals surface area contributed by atoms with Crippen LogP contribution in [0.3, 0.4) is 0 Å². The summed E-state index contributed by atoms with van der Waals surface area (Å²) in [6, 6.07) is 21.6. The number of rotatable bonds is 11. The third-order valence-electron chi connectivity index (χ3n) is 7.32. The predicted octanol–water partition coefficient (Wildman–Crippen LogP) is 4.90. The Hall–Kier alpha value is -3.98. The maximum absolute atomic E-state index is 13.8. The first-order valence-electron chi connectivity index (χ1n) is 14.0. The van der Waals surface area contributed by atoms with Crippen molar-refractivity contribution >= 4 is 34.3 Å². The highest BCUT2D eigenvalue weighted by Gasteiger charge is 2.17. The molecule has 0 aliphatic carbocycles. The summed E-state index contributed by atoms with van der Waals surface area (Å²) in [5.41, 5.74) is 3.67. The second-order valence-corrected chi connectivity index (χ2v) is 11.0. The number of anilines is 1. The summed E-state index contributed by atoms with van der Waals surface area (Å²) in [7, 11) is 3.21. The lowest BCUT2D eigenvalue weighted by Gasteiger charge is -2.29. The lowest BCUT2D eigenvalue weighted by atomic mass is 10.1. The minimum atomic E-state index is -0.114. The summed E-state index contributed by atoms with van der Waals surface area (Å²) < 4.78 is 12.4. The molecule has 0 bridgehead atoms. The molecule has 0 unspecified atom stereocenters. The van der Waals surface area contributed by atoms with Crippen LogP contribution in [0, 0.1) is 0 Å². The lowest BCUT2D eigenvalue weighted by Crippen LogP contribution is -2.30. The van der Waals surface area contributed by atoms with Crippen LogP contribution in [0.5, 0.6) is 11.5 Å². The minimum Gasteiger partial charge on any atom is -0.493 e. The lowest BCUT2D eigenvalue weighted by molar-refractivity contribution is -0.118. The van der Waals surface area contributed by atoms with Gasteiger partial charge in [0.2, 0.25) is 5.91 Å². The minimum absolute atomic E-state index is 0.0888. The summed E-state index contributed by atoms with van der Waals surface area (Å²) in [5.74, 6) is 1.37. The Morgan fingerprint density at radius 1 is 0.927 bits per heavy atom. The molecule has 1 aliphatic heterocycles. The zero-order valence-corrected chi connectivity index (χ0v) is 24.4. The van der Waals surface area contributed by atoms with Gasteiger partial charge >= 0.3 is 0 Å². The number of carbonyl (C=O) groups excluding carboxylic acids is 1. The molecule has 214 valence electrons. The summed E-state index contributed by atoms with van der Waals surface area (Å²) in [5, 5.41) is 4.12. The Labute approximate surface area is 244 Å². The molecule has 1 amide bonds. The number of amides is 1. The van der Waals surface area contributed by atoms with Crippen molar-refractivity contribution in [3.05, 3.63) is 88.2 Å². The Kier molecular flexibility index (Phi) is 9.46. The first-order chi connectivity index (χ1) is 20.1. The Morgan fingerprint density at radius 2 is 1.71 bits per heavy atom. The van der Waals surface area contributed by atoms with Crippen LogP contribution < -0.4 is 25.2 Å². The van der Waals surface area contributed by atoms with Crippen molar-refractivity contribution in [1.82, 2.24) is 14.9 Å². The molecule has 1 fully saturated rings. The topological polar surface area (TPSA) is 85.7 Å². The Morgan fingerprint density at radius 3 is 2.46 bits per heavy atom. The van der Waals surface area contributed by atoms with Crippen molar-refractivity contribution in [2.45, 2.75) is 37.4 Å². The number of hydrogen-bond donors (Lipinski definition) is 1. The van der Waals surface area contributed by atoms with Crippen molar-refractivity contribution in [1.29, 1.82) is 0 Å².